The molecule has 0 atom stereocenters. The van der Waals surface area contributed by atoms with Crippen molar-refractivity contribution < 1.29 is 9.53 Å². The van der Waals surface area contributed by atoms with Gasteiger partial charge in [0.1, 0.15) is 11.4 Å². The summed E-state index contributed by atoms with van der Waals surface area (Å²) < 4.78 is 6.93. The topological polar surface area (TPSA) is 82.5 Å². The van der Waals surface area contributed by atoms with Crippen LogP contribution in [0.3, 0.4) is 0 Å². The summed E-state index contributed by atoms with van der Waals surface area (Å²) in [5, 5.41) is 0. The Hall–Kier alpha value is -2.89. The van der Waals surface area contributed by atoms with E-state index in [1.165, 1.54) is 0 Å². The van der Waals surface area contributed by atoms with Crippen molar-refractivity contribution in [2.45, 2.75) is 0 Å². The molecule has 0 aliphatic heterocycles. The minimum absolute atomic E-state index is 0.195. The van der Waals surface area contributed by atoms with Gasteiger partial charge in [0.05, 0.1) is 12.8 Å². The van der Waals surface area contributed by atoms with Gasteiger partial charge in [-0.1, -0.05) is 12.1 Å². The van der Waals surface area contributed by atoms with Crippen LogP contribution in [0.4, 0.5) is 0 Å². The molecule has 6 nitrogen and oxygen atoms in total. The molecule has 2 heterocycles. The minimum Gasteiger partial charge on any atom is -0.497 e. The van der Waals surface area contributed by atoms with Gasteiger partial charge in [-0.15, -0.1) is 0 Å². The number of aromatic nitrogens is 3. The standard InChI is InChI=1S/C14H12N4O2/c1-20-10-4-2-3-9(7-10)12-8-18-6-5-11(13(15)19)16-14(18)17-12/h2-8H,1H3,(H2,15,19). The third-order valence-electron chi connectivity index (χ3n) is 2.94. The van der Waals surface area contributed by atoms with Crippen molar-refractivity contribution in [3.63, 3.8) is 0 Å². The number of rotatable bonds is 3. The molecule has 20 heavy (non-hydrogen) atoms. The van der Waals surface area contributed by atoms with E-state index in [0.717, 1.165) is 17.0 Å². The zero-order chi connectivity index (χ0) is 14.1. The van der Waals surface area contributed by atoms with E-state index in [-0.39, 0.29) is 5.69 Å². The Balaban J connectivity index is 2.10. The van der Waals surface area contributed by atoms with Crippen molar-refractivity contribution in [3.05, 3.63) is 48.4 Å². The molecule has 0 saturated carbocycles. The first-order valence-corrected chi connectivity index (χ1v) is 5.97. The molecule has 0 aliphatic rings. The van der Waals surface area contributed by atoms with Crippen LogP contribution in [0.1, 0.15) is 10.5 Å². The third kappa shape index (κ3) is 2.07. The van der Waals surface area contributed by atoms with Gasteiger partial charge in [0.25, 0.3) is 5.91 Å². The lowest BCUT2D eigenvalue weighted by Crippen LogP contribution is -2.13. The maximum absolute atomic E-state index is 11.1. The van der Waals surface area contributed by atoms with Crippen molar-refractivity contribution in [3.8, 4) is 17.0 Å². The summed E-state index contributed by atoms with van der Waals surface area (Å²) in [6, 6.07) is 9.13. The molecule has 3 aromatic rings. The number of benzene rings is 1. The number of imidazole rings is 1. The number of nitrogens with two attached hydrogens (primary N) is 1. The van der Waals surface area contributed by atoms with Gasteiger partial charge in [-0.2, -0.15) is 0 Å². The molecule has 100 valence electrons. The van der Waals surface area contributed by atoms with Crippen molar-refractivity contribution in [2.24, 2.45) is 5.73 Å². The Morgan fingerprint density at radius 1 is 1.30 bits per heavy atom. The molecule has 0 fully saturated rings. The lowest BCUT2D eigenvalue weighted by molar-refractivity contribution is 0.0995. The normalized spacial score (nSPS) is 10.7. The number of carbonyl (C=O) groups is 1. The van der Waals surface area contributed by atoms with Crippen molar-refractivity contribution in [1.29, 1.82) is 0 Å². The van der Waals surface area contributed by atoms with Crippen LogP contribution < -0.4 is 10.5 Å². The van der Waals surface area contributed by atoms with Crippen LogP contribution in [0, 0.1) is 0 Å². The molecule has 0 saturated heterocycles. The number of ether oxygens (including phenoxy) is 1. The fraction of sp³-hybridized carbons (Fsp3) is 0.0714. The van der Waals surface area contributed by atoms with E-state index < -0.39 is 5.91 Å². The molecular weight excluding hydrogens is 256 g/mol. The second-order valence-corrected chi connectivity index (χ2v) is 4.24. The van der Waals surface area contributed by atoms with E-state index in [1.54, 1.807) is 23.8 Å². The van der Waals surface area contributed by atoms with Crippen molar-refractivity contribution in [1.82, 2.24) is 14.4 Å². The van der Waals surface area contributed by atoms with Crippen LogP contribution in [0.15, 0.2) is 42.7 Å². The first-order valence-electron chi connectivity index (χ1n) is 5.97. The first kappa shape index (κ1) is 12.2. The Bertz CT molecular complexity index is 795. The molecule has 1 amide bonds. The maximum Gasteiger partial charge on any atom is 0.267 e. The molecule has 0 aliphatic carbocycles. The number of carbonyl (C=O) groups excluding carboxylic acids is 1. The van der Waals surface area contributed by atoms with Crippen molar-refractivity contribution in [2.75, 3.05) is 7.11 Å². The zero-order valence-corrected chi connectivity index (χ0v) is 10.8. The van der Waals surface area contributed by atoms with E-state index in [9.17, 15) is 4.79 Å². The van der Waals surface area contributed by atoms with Gasteiger partial charge in [-0.25, -0.2) is 9.97 Å². The molecule has 0 unspecified atom stereocenters. The number of primary amides is 1. The average molecular weight is 268 g/mol. The Morgan fingerprint density at radius 2 is 2.15 bits per heavy atom. The highest BCUT2D eigenvalue weighted by Crippen LogP contribution is 2.23. The number of hydrogen-bond donors (Lipinski definition) is 1. The highest BCUT2D eigenvalue weighted by atomic mass is 16.5. The molecule has 0 spiro atoms. The molecule has 2 aromatic heterocycles. The van der Waals surface area contributed by atoms with Crippen LogP contribution in [0.2, 0.25) is 0 Å². The van der Waals surface area contributed by atoms with Crippen LogP contribution in [0.5, 0.6) is 5.75 Å². The number of nitrogens with zero attached hydrogens (tertiary/aromatic N) is 3. The van der Waals surface area contributed by atoms with Gasteiger partial charge in [0.15, 0.2) is 0 Å². The lowest BCUT2D eigenvalue weighted by Gasteiger charge is -2.00. The lowest BCUT2D eigenvalue weighted by atomic mass is 10.1. The predicted molar refractivity (Wildman–Crippen MR) is 73.5 cm³/mol. The molecule has 1 aromatic carbocycles. The van der Waals surface area contributed by atoms with Gasteiger partial charge >= 0.3 is 0 Å². The van der Waals surface area contributed by atoms with Crippen LogP contribution >= 0.6 is 0 Å². The summed E-state index contributed by atoms with van der Waals surface area (Å²) in [4.78, 5) is 19.6. The van der Waals surface area contributed by atoms with Crippen LogP contribution in [-0.2, 0) is 0 Å². The highest BCUT2D eigenvalue weighted by molar-refractivity contribution is 5.91. The number of methoxy groups -OCH3 is 1. The molecule has 2 N–H and O–H groups in total. The largest absolute Gasteiger partial charge is 0.497 e. The van der Waals surface area contributed by atoms with Crippen LogP contribution in [-0.4, -0.2) is 27.4 Å². The summed E-state index contributed by atoms with van der Waals surface area (Å²) in [6.45, 7) is 0. The first-order chi connectivity index (χ1) is 9.67. The minimum atomic E-state index is -0.571. The van der Waals surface area contributed by atoms with Gasteiger partial charge in [-0.3, -0.25) is 9.20 Å². The Labute approximate surface area is 114 Å². The summed E-state index contributed by atoms with van der Waals surface area (Å²) >= 11 is 0. The second-order valence-electron chi connectivity index (χ2n) is 4.24. The number of hydrogen-bond acceptors (Lipinski definition) is 4. The van der Waals surface area contributed by atoms with E-state index >= 15 is 0 Å². The second kappa shape index (κ2) is 4.65. The van der Waals surface area contributed by atoms with Gasteiger partial charge in [0.2, 0.25) is 5.78 Å². The zero-order valence-electron chi connectivity index (χ0n) is 10.8. The van der Waals surface area contributed by atoms with Crippen LogP contribution in [0.25, 0.3) is 17.0 Å². The fourth-order valence-corrected chi connectivity index (χ4v) is 1.93. The third-order valence-corrected chi connectivity index (χ3v) is 2.94. The number of fused-ring (bicyclic) bond motifs is 1. The van der Waals surface area contributed by atoms with Gasteiger partial charge in [-0.05, 0) is 18.2 Å². The van der Waals surface area contributed by atoms with E-state index in [1.807, 2.05) is 30.5 Å². The monoisotopic (exact) mass is 268 g/mol. The molecule has 0 radical (unpaired) electrons. The summed E-state index contributed by atoms with van der Waals surface area (Å²) in [5.41, 5.74) is 7.06. The molecule has 0 bridgehead atoms. The SMILES string of the molecule is COc1cccc(-c2cn3ccc(C(N)=O)nc3n2)c1. The van der Waals surface area contributed by atoms with Crippen molar-refractivity contribution >= 4 is 11.7 Å². The van der Waals surface area contributed by atoms with E-state index in [4.69, 9.17) is 10.5 Å². The number of amides is 1. The maximum atomic E-state index is 11.1. The average Bonchev–Trinajstić information content (AvgIpc) is 2.90. The quantitative estimate of drug-likeness (QED) is 0.780. The fourth-order valence-electron chi connectivity index (χ4n) is 1.93. The van der Waals surface area contributed by atoms with Gasteiger partial charge < -0.3 is 10.5 Å². The van der Waals surface area contributed by atoms with E-state index in [2.05, 4.69) is 9.97 Å². The Morgan fingerprint density at radius 3 is 2.90 bits per heavy atom. The smallest absolute Gasteiger partial charge is 0.267 e. The van der Waals surface area contributed by atoms with E-state index in [0.29, 0.717) is 5.78 Å². The summed E-state index contributed by atoms with van der Waals surface area (Å²) in [7, 11) is 1.61. The van der Waals surface area contributed by atoms with Gasteiger partial charge in [0, 0.05) is 18.0 Å². The molecule has 3 rings (SSSR count). The Kier molecular flexibility index (Phi) is 2.83. The highest BCUT2D eigenvalue weighted by Gasteiger charge is 2.09. The summed E-state index contributed by atoms with van der Waals surface area (Å²) in [5.74, 6) is 0.614. The summed E-state index contributed by atoms with van der Waals surface area (Å²) in [6.07, 6.45) is 3.54. The molecular formula is C14H12N4O2. The predicted octanol–water partition coefficient (Wildman–Crippen LogP) is 1.50. The molecule has 6 heteroatoms.